The number of nitrogens with one attached hydrogen (secondary N) is 2. The fourth-order valence-corrected chi connectivity index (χ4v) is 3.46. The smallest absolute Gasteiger partial charge is 0.324 e. The molecule has 0 aliphatic carbocycles. The first-order valence-electron chi connectivity index (χ1n) is 8.51. The molecule has 1 atom stereocenters. The Morgan fingerprint density at radius 3 is 2.54 bits per heavy atom. The molecule has 3 N–H and O–H groups in total. The lowest BCUT2D eigenvalue weighted by atomic mass is 9.92. The fourth-order valence-electron chi connectivity index (χ4n) is 2.94. The van der Waals surface area contributed by atoms with Crippen molar-refractivity contribution in [1.82, 2.24) is 15.3 Å². The van der Waals surface area contributed by atoms with Crippen LogP contribution < -0.4 is 10.6 Å². The van der Waals surface area contributed by atoms with E-state index in [1.54, 1.807) is 0 Å². The monoisotopic (exact) mass is 430 g/mol. The van der Waals surface area contributed by atoms with Crippen molar-refractivity contribution in [2.45, 2.75) is 31.7 Å². The highest BCUT2D eigenvalue weighted by Gasteiger charge is 2.52. The zero-order chi connectivity index (χ0) is 20.9. The van der Waals surface area contributed by atoms with Crippen molar-refractivity contribution in [2.24, 2.45) is 0 Å². The SMILES string of the molecule is CCCC[C@@]1(CN(O)C=O)NC(=O)N(CC(=O)Nc2cc(Cl)cc(Cl)c2)C1=O. The zero-order valence-electron chi connectivity index (χ0n) is 15.1. The van der Waals surface area contributed by atoms with Gasteiger partial charge in [0.2, 0.25) is 12.3 Å². The molecule has 0 unspecified atom stereocenters. The van der Waals surface area contributed by atoms with E-state index in [0.717, 1.165) is 11.3 Å². The van der Waals surface area contributed by atoms with Gasteiger partial charge in [-0.25, -0.2) is 9.86 Å². The number of hydroxylamine groups is 2. The molecule has 152 valence electrons. The molecular formula is C17H20Cl2N4O5. The number of rotatable bonds is 9. The maximum absolute atomic E-state index is 12.9. The van der Waals surface area contributed by atoms with E-state index in [2.05, 4.69) is 10.6 Å². The van der Waals surface area contributed by atoms with E-state index in [4.69, 9.17) is 23.2 Å². The first-order valence-corrected chi connectivity index (χ1v) is 9.27. The van der Waals surface area contributed by atoms with Crippen LogP contribution in [0.25, 0.3) is 0 Å². The number of anilines is 1. The van der Waals surface area contributed by atoms with Crippen LogP contribution in [-0.2, 0) is 14.4 Å². The summed E-state index contributed by atoms with van der Waals surface area (Å²) in [6, 6.07) is 3.65. The van der Waals surface area contributed by atoms with Gasteiger partial charge in [-0.15, -0.1) is 0 Å². The van der Waals surface area contributed by atoms with Gasteiger partial charge < -0.3 is 10.6 Å². The molecule has 1 heterocycles. The summed E-state index contributed by atoms with van der Waals surface area (Å²) in [6.45, 7) is 0.936. The van der Waals surface area contributed by atoms with E-state index in [9.17, 15) is 24.4 Å². The quantitative estimate of drug-likeness (QED) is 0.240. The molecule has 1 aliphatic rings. The van der Waals surface area contributed by atoms with Crippen LogP contribution >= 0.6 is 23.2 Å². The third-order valence-electron chi connectivity index (χ3n) is 4.20. The molecule has 1 fully saturated rings. The van der Waals surface area contributed by atoms with E-state index in [-0.39, 0.29) is 12.8 Å². The molecule has 1 aliphatic heterocycles. The van der Waals surface area contributed by atoms with Gasteiger partial charge in [-0.3, -0.25) is 24.5 Å². The van der Waals surface area contributed by atoms with Gasteiger partial charge in [0.1, 0.15) is 12.1 Å². The minimum absolute atomic E-state index is 0.144. The third-order valence-corrected chi connectivity index (χ3v) is 4.64. The highest BCUT2D eigenvalue weighted by atomic mass is 35.5. The Balaban J connectivity index is 2.14. The van der Waals surface area contributed by atoms with Crippen molar-refractivity contribution in [1.29, 1.82) is 0 Å². The number of hydrogen-bond donors (Lipinski definition) is 3. The maximum atomic E-state index is 12.9. The summed E-state index contributed by atoms with van der Waals surface area (Å²) in [5.74, 6) is -1.32. The molecule has 0 saturated carbocycles. The number of carbonyl (C=O) groups excluding carboxylic acids is 4. The Morgan fingerprint density at radius 1 is 1.32 bits per heavy atom. The van der Waals surface area contributed by atoms with Gasteiger partial charge in [0.05, 0.1) is 6.54 Å². The number of nitrogens with zero attached hydrogens (tertiary/aromatic N) is 2. The Morgan fingerprint density at radius 2 is 1.96 bits per heavy atom. The minimum atomic E-state index is -1.48. The standard InChI is InChI=1S/C17H20Cl2N4O5/c1-2-3-4-17(9-22(28)10-24)15(26)23(16(27)21-17)8-14(25)20-13-6-11(18)5-12(19)7-13/h5-7,10,28H,2-4,8-9H2,1H3,(H,20,25)(H,21,27)/t17-/m0/s1. The van der Waals surface area contributed by atoms with Crippen LogP contribution in [0.1, 0.15) is 26.2 Å². The van der Waals surface area contributed by atoms with Crippen molar-refractivity contribution < 1.29 is 24.4 Å². The zero-order valence-corrected chi connectivity index (χ0v) is 16.6. The molecule has 5 amide bonds. The van der Waals surface area contributed by atoms with Crippen molar-refractivity contribution in [3.05, 3.63) is 28.2 Å². The summed E-state index contributed by atoms with van der Waals surface area (Å²) < 4.78 is 0. The van der Waals surface area contributed by atoms with Crippen LogP contribution in [0.15, 0.2) is 18.2 Å². The van der Waals surface area contributed by atoms with E-state index in [0.29, 0.717) is 27.2 Å². The van der Waals surface area contributed by atoms with Crippen LogP contribution in [0.3, 0.4) is 0 Å². The number of hydrogen-bond acceptors (Lipinski definition) is 5. The molecule has 28 heavy (non-hydrogen) atoms. The molecule has 1 aromatic carbocycles. The van der Waals surface area contributed by atoms with Crippen LogP contribution in [0.4, 0.5) is 10.5 Å². The number of carbonyl (C=O) groups is 4. The number of amides is 5. The largest absolute Gasteiger partial charge is 0.325 e. The fraction of sp³-hybridized carbons (Fsp3) is 0.412. The number of benzene rings is 1. The molecule has 0 bridgehead atoms. The molecule has 0 radical (unpaired) electrons. The van der Waals surface area contributed by atoms with E-state index < -0.39 is 36.5 Å². The Labute approximate surface area is 171 Å². The van der Waals surface area contributed by atoms with Gasteiger partial charge in [0.25, 0.3) is 5.91 Å². The number of imide groups is 1. The second-order valence-corrected chi connectivity index (χ2v) is 7.29. The highest BCUT2D eigenvalue weighted by Crippen LogP contribution is 2.26. The average Bonchev–Trinajstić information content (AvgIpc) is 2.83. The molecule has 1 aromatic rings. The first-order chi connectivity index (χ1) is 13.2. The second kappa shape index (κ2) is 9.22. The summed E-state index contributed by atoms with van der Waals surface area (Å²) in [5.41, 5.74) is -1.17. The van der Waals surface area contributed by atoms with Gasteiger partial charge >= 0.3 is 6.03 Å². The minimum Gasteiger partial charge on any atom is -0.324 e. The van der Waals surface area contributed by atoms with Gasteiger partial charge in [-0.1, -0.05) is 43.0 Å². The molecule has 1 saturated heterocycles. The number of halogens is 2. The van der Waals surface area contributed by atoms with Gasteiger partial charge in [0.15, 0.2) is 0 Å². The Bertz CT molecular complexity index is 771. The van der Waals surface area contributed by atoms with Crippen LogP contribution in [0, 0.1) is 0 Å². The molecular weight excluding hydrogens is 411 g/mol. The topological polar surface area (TPSA) is 119 Å². The van der Waals surface area contributed by atoms with Gasteiger partial charge in [-0.2, -0.15) is 0 Å². The lowest BCUT2D eigenvalue weighted by Crippen LogP contribution is -2.54. The molecule has 11 heteroatoms. The van der Waals surface area contributed by atoms with Crippen LogP contribution in [0.2, 0.25) is 10.0 Å². The predicted molar refractivity (Wildman–Crippen MR) is 102 cm³/mol. The average molecular weight is 431 g/mol. The lowest BCUT2D eigenvalue weighted by Gasteiger charge is -2.28. The van der Waals surface area contributed by atoms with Crippen molar-refractivity contribution in [2.75, 3.05) is 18.4 Å². The summed E-state index contributed by atoms with van der Waals surface area (Å²) >= 11 is 11.8. The summed E-state index contributed by atoms with van der Waals surface area (Å²) in [5, 5.41) is 15.5. The van der Waals surface area contributed by atoms with E-state index in [1.807, 2.05) is 6.92 Å². The van der Waals surface area contributed by atoms with E-state index in [1.165, 1.54) is 18.2 Å². The normalized spacial score (nSPS) is 18.8. The second-order valence-electron chi connectivity index (χ2n) is 6.42. The predicted octanol–water partition coefficient (Wildman–Crippen LogP) is 2.26. The molecule has 0 spiro atoms. The Hall–Kier alpha value is -2.36. The third kappa shape index (κ3) is 5.12. The Kier molecular flexibility index (Phi) is 7.22. The highest BCUT2D eigenvalue weighted by molar-refractivity contribution is 6.35. The first kappa shape index (κ1) is 21.9. The molecule has 0 aromatic heterocycles. The van der Waals surface area contributed by atoms with E-state index >= 15 is 0 Å². The van der Waals surface area contributed by atoms with Crippen LogP contribution in [-0.4, -0.2) is 58.1 Å². The summed E-state index contributed by atoms with van der Waals surface area (Å²) in [7, 11) is 0. The molecule has 9 nitrogen and oxygen atoms in total. The van der Waals surface area contributed by atoms with Gasteiger partial charge in [0, 0.05) is 15.7 Å². The number of urea groups is 1. The van der Waals surface area contributed by atoms with Crippen LogP contribution in [0.5, 0.6) is 0 Å². The summed E-state index contributed by atoms with van der Waals surface area (Å²) in [4.78, 5) is 49.0. The van der Waals surface area contributed by atoms with Crippen molar-refractivity contribution in [3.8, 4) is 0 Å². The maximum Gasteiger partial charge on any atom is 0.325 e. The lowest BCUT2D eigenvalue weighted by molar-refractivity contribution is -0.157. The summed E-state index contributed by atoms with van der Waals surface area (Å²) in [6.07, 6.45) is 1.65. The van der Waals surface area contributed by atoms with Crippen molar-refractivity contribution >= 4 is 53.1 Å². The van der Waals surface area contributed by atoms with Crippen molar-refractivity contribution in [3.63, 3.8) is 0 Å². The van der Waals surface area contributed by atoms with Gasteiger partial charge in [-0.05, 0) is 24.6 Å². The molecule has 2 rings (SSSR count). The number of unbranched alkanes of at least 4 members (excludes halogenated alkanes) is 1.